The summed E-state index contributed by atoms with van der Waals surface area (Å²) in [6.07, 6.45) is 0. The maximum atomic E-state index is 13.1. The van der Waals surface area contributed by atoms with Gasteiger partial charge in [-0.1, -0.05) is 30.3 Å². The molecule has 1 aliphatic rings. The number of hydrogen-bond donors (Lipinski definition) is 0. The highest BCUT2D eigenvalue weighted by Crippen LogP contribution is 2.38. The monoisotopic (exact) mass is 373 g/mol. The van der Waals surface area contributed by atoms with Crippen molar-refractivity contribution in [2.75, 3.05) is 5.01 Å². The lowest BCUT2D eigenvalue weighted by molar-refractivity contribution is -0.384. The lowest BCUT2D eigenvalue weighted by Crippen LogP contribution is -2.34. The topological polar surface area (TPSA) is 123 Å². The number of anilines is 1. The number of carbonyl (C=O) groups excluding carboxylic acids is 1. The summed E-state index contributed by atoms with van der Waals surface area (Å²) in [7, 11) is 0. The number of carbonyl (C=O) groups is 1. The molecule has 0 bridgehead atoms. The summed E-state index contributed by atoms with van der Waals surface area (Å²) in [6.45, 7) is 1.68. The molecule has 3 rings (SSSR count). The summed E-state index contributed by atoms with van der Waals surface area (Å²) in [5.41, 5.74) is 1.46. The Morgan fingerprint density at radius 3 is 2.25 bits per heavy atom. The summed E-state index contributed by atoms with van der Waals surface area (Å²) in [5, 5.41) is 35.5. The Morgan fingerprint density at radius 1 is 1.11 bits per heavy atom. The Labute approximate surface area is 161 Å². The molecule has 2 aromatic carbocycles. The van der Waals surface area contributed by atoms with Crippen molar-refractivity contribution in [1.82, 2.24) is 0 Å². The van der Waals surface area contributed by atoms with Gasteiger partial charge in [-0.25, -0.2) is 5.01 Å². The molecule has 0 saturated carbocycles. The first-order valence-corrected chi connectivity index (χ1v) is 8.45. The number of nitriles is 2. The minimum Gasteiger partial charge on any atom is -0.272 e. The van der Waals surface area contributed by atoms with Crippen molar-refractivity contribution in [3.63, 3.8) is 0 Å². The fourth-order valence-electron chi connectivity index (χ4n) is 3.33. The molecule has 8 nitrogen and oxygen atoms in total. The summed E-state index contributed by atoms with van der Waals surface area (Å²) in [5.74, 6) is -3.06. The van der Waals surface area contributed by atoms with Gasteiger partial charge in [0.1, 0.15) is 5.92 Å². The number of hydrogen-bond acceptors (Lipinski definition) is 6. The lowest BCUT2D eigenvalue weighted by atomic mass is 9.75. The minimum absolute atomic E-state index is 0.109. The molecule has 1 heterocycles. The van der Waals surface area contributed by atoms with E-state index in [-0.39, 0.29) is 11.6 Å². The van der Waals surface area contributed by atoms with E-state index in [1.165, 1.54) is 29.3 Å². The van der Waals surface area contributed by atoms with E-state index in [0.717, 1.165) is 0 Å². The van der Waals surface area contributed by atoms with Crippen molar-refractivity contribution in [1.29, 1.82) is 10.5 Å². The third-order valence-electron chi connectivity index (χ3n) is 4.67. The molecule has 0 aromatic heterocycles. The molecule has 0 spiro atoms. The SMILES string of the molecule is CC1=NN(c2ccccc2)C(=O)C1C(c1ccc([N+](=O)[O-])cc1)C(C#N)C#N. The standard InChI is InChI=1S/C20H15N5O3/c1-13-18(20(26)24(23-13)16-5-3-2-4-6-16)19(15(11-21)12-22)14-7-9-17(10-8-14)25(27)28/h2-10,15,18-19H,1H3. The van der Waals surface area contributed by atoms with Crippen molar-refractivity contribution in [3.8, 4) is 12.1 Å². The zero-order valence-corrected chi connectivity index (χ0v) is 14.9. The minimum atomic E-state index is -1.11. The van der Waals surface area contributed by atoms with Crippen LogP contribution in [-0.4, -0.2) is 16.5 Å². The third kappa shape index (κ3) is 3.31. The molecule has 2 aromatic rings. The number of amides is 1. The lowest BCUT2D eigenvalue weighted by Gasteiger charge is -2.24. The van der Waals surface area contributed by atoms with Gasteiger partial charge in [-0.2, -0.15) is 15.6 Å². The molecule has 0 saturated heterocycles. The van der Waals surface area contributed by atoms with E-state index in [9.17, 15) is 25.4 Å². The van der Waals surface area contributed by atoms with Gasteiger partial charge in [-0.15, -0.1) is 0 Å². The molecule has 2 unspecified atom stereocenters. The molecular formula is C20H15N5O3. The molecule has 0 fully saturated rings. The first kappa shape index (κ1) is 18.7. The van der Waals surface area contributed by atoms with Crippen LogP contribution in [0.3, 0.4) is 0 Å². The molecule has 0 N–H and O–H groups in total. The number of nitro groups is 1. The van der Waals surface area contributed by atoms with Crippen molar-refractivity contribution in [3.05, 3.63) is 70.3 Å². The number of benzene rings is 2. The van der Waals surface area contributed by atoms with Crippen LogP contribution in [0.4, 0.5) is 11.4 Å². The summed E-state index contributed by atoms with van der Waals surface area (Å²) in [6, 6.07) is 18.3. The Hall–Kier alpha value is -4.04. The Bertz CT molecular complexity index is 1000. The van der Waals surface area contributed by atoms with E-state index in [0.29, 0.717) is 17.0 Å². The van der Waals surface area contributed by atoms with E-state index in [1.807, 2.05) is 18.2 Å². The van der Waals surface area contributed by atoms with Crippen LogP contribution in [-0.2, 0) is 4.79 Å². The van der Waals surface area contributed by atoms with Crippen molar-refractivity contribution < 1.29 is 9.72 Å². The fraction of sp³-hybridized carbons (Fsp3) is 0.200. The van der Waals surface area contributed by atoms with Crippen LogP contribution in [0.25, 0.3) is 0 Å². The Kier molecular flexibility index (Phi) is 5.14. The van der Waals surface area contributed by atoms with Crippen molar-refractivity contribution >= 4 is 23.0 Å². The quantitative estimate of drug-likeness (QED) is 0.587. The second kappa shape index (κ2) is 7.68. The maximum absolute atomic E-state index is 13.1. The molecule has 1 amide bonds. The van der Waals surface area contributed by atoms with Gasteiger partial charge in [-0.3, -0.25) is 14.9 Å². The van der Waals surface area contributed by atoms with Crippen LogP contribution in [0.15, 0.2) is 59.7 Å². The normalized spacial score (nSPS) is 17.0. The number of nitro benzene ring substituents is 1. The third-order valence-corrected chi connectivity index (χ3v) is 4.67. The number of non-ortho nitro benzene ring substituents is 1. The maximum Gasteiger partial charge on any atom is 0.269 e. The zero-order valence-electron chi connectivity index (χ0n) is 14.9. The van der Waals surface area contributed by atoms with Gasteiger partial charge in [0, 0.05) is 23.8 Å². The van der Waals surface area contributed by atoms with Gasteiger partial charge in [0.05, 0.1) is 28.7 Å². The Balaban J connectivity index is 2.03. The molecule has 8 heteroatoms. The molecule has 2 atom stereocenters. The van der Waals surface area contributed by atoms with Crippen LogP contribution in [0.2, 0.25) is 0 Å². The van der Waals surface area contributed by atoms with Gasteiger partial charge in [0.25, 0.3) is 11.6 Å². The first-order chi connectivity index (χ1) is 13.5. The van der Waals surface area contributed by atoms with E-state index in [2.05, 4.69) is 5.10 Å². The highest BCUT2D eigenvalue weighted by Gasteiger charge is 2.44. The number of rotatable bonds is 5. The van der Waals surface area contributed by atoms with E-state index in [1.54, 1.807) is 31.2 Å². The second-order valence-corrected chi connectivity index (χ2v) is 6.31. The second-order valence-electron chi connectivity index (χ2n) is 6.31. The average Bonchev–Trinajstić information content (AvgIpc) is 3.01. The first-order valence-electron chi connectivity index (χ1n) is 8.45. The predicted octanol–water partition coefficient (Wildman–Crippen LogP) is 3.38. The van der Waals surface area contributed by atoms with Crippen LogP contribution in [0.5, 0.6) is 0 Å². The summed E-state index contributed by atoms with van der Waals surface area (Å²) >= 11 is 0. The van der Waals surface area contributed by atoms with Gasteiger partial charge in [0.15, 0.2) is 0 Å². The van der Waals surface area contributed by atoms with E-state index in [4.69, 9.17) is 0 Å². The smallest absolute Gasteiger partial charge is 0.269 e. The fourth-order valence-corrected chi connectivity index (χ4v) is 3.33. The average molecular weight is 373 g/mol. The number of para-hydroxylation sites is 1. The van der Waals surface area contributed by atoms with Crippen LogP contribution < -0.4 is 5.01 Å². The van der Waals surface area contributed by atoms with Gasteiger partial charge >= 0.3 is 0 Å². The molecule has 1 aliphatic heterocycles. The molecule has 0 radical (unpaired) electrons. The molecule has 0 aliphatic carbocycles. The Morgan fingerprint density at radius 2 is 1.71 bits per heavy atom. The molecular weight excluding hydrogens is 358 g/mol. The van der Waals surface area contributed by atoms with E-state index >= 15 is 0 Å². The number of nitrogens with zero attached hydrogens (tertiary/aromatic N) is 5. The van der Waals surface area contributed by atoms with Gasteiger partial charge < -0.3 is 0 Å². The highest BCUT2D eigenvalue weighted by atomic mass is 16.6. The van der Waals surface area contributed by atoms with Gasteiger partial charge in [-0.05, 0) is 24.6 Å². The van der Waals surface area contributed by atoms with Crippen molar-refractivity contribution in [2.45, 2.75) is 12.8 Å². The largest absolute Gasteiger partial charge is 0.272 e. The predicted molar refractivity (Wildman–Crippen MR) is 101 cm³/mol. The van der Waals surface area contributed by atoms with Crippen molar-refractivity contribution in [2.24, 2.45) is 16.9 Å². The van der Waals surface area contributed by atoms with Crippen LogP contribution in [0.1, 0.15) is 18.4 Å². The van der Waals surface area contributed by atoms with Gasteiger partial charge in [0.2, 0.25) is 0 Å². The summed E-state index contributed by atoms with van der Waals surface area (Å²) < 4.78 is 0. The summed E-state index contributed by atoms with van der Waals surface area (Å²) in [4.78, 5) is 23.5. The van der Waals surface area contributed by atoms with Crippen LogP contribution in [0, 0.1) is 44.6 Å². The molecule has 138 valence electrons. The van der Waals surface area contributed by atoms with Crippen LogP contribution >= 0.6 is 0 Å². The zero-order chi connectivity index (χ0) is 20.3. The highest BCUT2D eigenvalue weighted by molar-refractivity contribution is 6.15. The van der Waals surface area contributed by atoms with E-state index < -0.39 is 22.7 Å². The molecule has 28 heavy (non-hydrogen) atoms. The number of hydrazone groups is 1.